The Labute approximate surface area is 115 Å². The van der Waals surface area contributed by atoms with Crippen molar-refractivity contribution in [2.45, 2.75) is 5.92 Å². The summed E-state index contributed by atoms with van der Waals surface area (Å²) in [5, 5.41) is 22.7. The Balaban J connectivity index is 2.03. The van der Waals surface area contributed by atoms with Crippen molar-refractivity contribution in [3.63, 3.8) is 0 Å². The number of phenolic OH excluding ortho intramolecular Hbond substituents is 2. The molecule has 4 N–H and O–H groups in total. The van der Waals surface area contributed by atoms with E-state index in [0.29, 0.717) is 18.1 Å². The molecule has 1 aliphatic heterocycles. The first-order valence-electron chi connectivity index (χ1n) is 6.22. The molecule has 0 aliphatic carbocycles. The van der Waals surface area contributed by atoms with Crippen LogP contribution in [-0.2, 0) is 0 Å². The van der Waals surface area contributed by atoms with Crippen LogP contribution in [-0.4, -0.2) is 22.5 Å². The fourth-order valence-corrected chi connectivity index (χ4v) is 2.40. The van der Waals surface area contributed by atoms with Gasteiger partial charge in [-0.15, -0.1) is 0 Å². The molecule has 1 unspecified atom stereocenters. The number of hydrogen-bond acceptors (Lipinski definition) is 5. The van der Waals surface area contributed by atoms with E-state index in [2.05, 4.69) is 5.10 Å². The van der Waals surface area contributed by atoms with E-state index in [1.54, 1.807) is 30.3 Å². The number of nitrogens with zero attached hydrogens (tertiary/aromatic N) is 1. The number of aromatic hydroxyl groups is 2. The van der Waals surface area contributed by atoms with Crippen molar-refractivity contribution in [2.24, 2.45) is 10.9 Å². The van der Waals surface area contributed by atoms with Crippen LogP contribution in [0.3, 0.4) is 0 Å². The SMILES string of the molecule is NN=C1c2ccc(O)cc2OCC1c1ccc(O)cc1. The average molecular weight is 270 g/mol. The summed E-state index contributed by atoms with van der Waals surface area (Å²) in [7, 11) is 0. The highest BCUT2D eigenvalue weighted by Crippen LogP contribution is 2.35. The van der Waals surface area contributed by atoms with Gasteiger partial charge in [-0.1, -0.05) is 12.1 Å². The first-order valence-corrected chi connectivity index (χ1v) is 6.22. The topological polar surface area (TPSA) is 88.1 Å². The van der Waals surface area contributed by atoms with Gasteiger partial charge in [0.05, 0.1) is 11.6 Å². The molecule has 5 heteroatoms. The molecule has 0 bridgehead atoms. The van der Waals surface area contributed by atoms with E-state index in [-0.39, 0.29) is 17.4 Å². The van der Waals surface area contributed by atoms with Gasteiger partial charge in [0, 0.05) is 11.6 Å². The van der Waals surface area contributed by atoms with E-state index in [1.165, 1.54) is 0 Å². The summed E-state index contributed by atoms with van der Waals surface area (Å²) in [6.07, 6.45) is 0. The Hall–Kier alpha value is -2.69. The molecule has 1 aliphatic rings. The first-order chi connectivity index (χ1) is 9.69. The molecule has 5 nitrogen and oxygen atoms in total. The quantitative estimate of drug-likeness (QED) is 0.546. The molecule has 102 valence electrons. The lowest BCUT2D eigenvalue weighted by Gasteiger charge is -2.27. The highest BCUT2D eigenvalue weighted by molar-refractivity contribution is 6.08. The van der Waals surface area contributed by atoms with E-state index in [4.69, 9.17) is 10.6 Å². The summed E-state index contributed by atoms with van der Waals surface area (Å²) in [4.78, 5) is 0. The number of phenols is 2. The largest absolute Gasteiger partial charge is 0.508 e. The minimum Gasteiger partial charge on any atom is -0.508 e. The number of nitrogens with two attached hydrogens (primary N) is 1. The molecule has 0 amide bonds. The third-order valence-corrected chi connectivity index (χ3v) is 3.41. The van der Waals surface area contributed by atoms with Crippen molar-refractivity contribution in [3.05, 3.63) is 53.6 Å². The maximum absolute atomic E-state index is 9.48. The van der Waals surface area contributed by atoms with Crippen molar-refractivity contribution < 1.29 is 14.9 Å². The number of benzene rings is 2. The summed E-state index contributed by atoms with van der Waals surface area (Å²) in [6, 6.07) is 11.7. The molecule has 0 spiro atoms. The molecule has 2 aromatic carbocycles. The summed E-state index contributed by atoms with van der Waals surface area (Å²) in [5.74, 6) is 6.36. The van der Waals surface area contributed by atoms with Crippen LogP contribution in [0.15, 0.2) is 47.6 Å². The predicted octanol–water partition coefficient (Wildman–Crippen LogP) is 1.94. The molecule has 0 saturated carbocycles. The lowest BCUT2D eigenvalue weighted by molar-refractivity contribution is 0.300. The van der Waals surface area contributed by atoms with Gasteiger partial charge < -0.3 is 20.8 Å². The smallest absolute Gasteiger partial charge is 0.132 e. The van der Waals surface area contributed by atoms with E-state index in [9.17, 15) is 10.2 Å². The fourth-order valence-electron chi connectivity index (χ4n) is 2.40. The number of hydrazone groups is 1. The van der Waals surface area contributed by atoms with Crippen molar-refractivity contribution >= 4 is 5.71 Å². The lowest BCUT2D eigenvalue weighted by atomic mass is 9.88. The third kappa shape index (κ3) is 2.03. The lowest BCUT2D eigenvalue weighted by Crippen LogP contribution is -2.27. The summed E-state index contributed by atoms with van der Waals surface area (Å²) in [5.41, 5.74) is 2.44. The van der Waals surface area contributed by atoms with Crippen LogP contribution in [0.5, 0.6) is 17.2 Å². The molecule has 3 rings (SSSR count). The number of rotatable bonds is 1. The van der Waals surface area contributed by atoms with E-state index < -0.39 is 0 Å². The summed E-state index contributed by atoms with van der Waals surface area (Å²) >= 11 is 0. The summed E-state index contributed by atoms with van der Waals surface area (Å²) < 4.78 is 5.67. The highest BCUT2D eigenvalue weighted by atomic mass is 16.5. The second-order valence-corrected chi connectivity index (χ2v) is 4.65. The van der Waals surface area contributed by atoms with Crippen LogP contribution in [0.2, 0.25) is 0 Å². The zero-order valence-electron chi connectivity index (χ0n) is 10.7. The normalized spacial score (nSPS) is 19.4. The maximum atomic E-state index is 9.48. The molecule has 20 heavy (non-hydrogen) atoms. The highest BCUT2D eigenvalue weighted by Gasteiger charge is 2.28. The monoisotopic (exact) mass is 270 g/mol. The molecule has 1 atom stereocenters. The fraction of sp³-hybridized carbons (Fsp3) is 0.133. The second-order valence-electron chi connectivity index (χ2n) is 4.65. The van der Waals surface area contributed by atoms with Gasteiger partial charge >= 0.3 is 0 Å². The Morgan fingerprint density at radius 3 is 2.45 bits per heavy atom. The minimum atomic E-state index is -0.0994. The van der Waals surface area contributed by atoms with Gasteiger partial charge in [0.25, 0.3) is 0 Å². The Kier molecular flexibility index (Phi) is 2.95. The first kappa shape index (κ1) is 12.3. The summed E-state index contributed by atoms with van der Waals surface area (Å²) in [6.45, 7) is 0.386. The zero-order chi connectivity index (χ0) is 14.1. The molecule has 0 saturated heterocycles. The van der Waals surface area contributed by atoms with Crippen LogP contribution in [0.1, 0.15) is 17.0 Å². The molecule has 0 radical (unpaired) electrons. The van der Waals surface area contributed by atoms with Gasteiger partial charge in [0.1, 0.15) is 23.9 Å². The van der Waals surface area contributed by atoms with Crippen molar-refractivity contribution in [1.82, 2.24) is 0 Å². The van der Waals surface area contributed by atoms with Gasteiger partial charge in [-0.2, -0.15) is 5.10 Å². The van der Waals surface area contributed by atoms with Crippen LogP contribution >= 0.6 is 0 Å². The molecular weight excluding hydrogens is 256 g/mol. The molecule has 2 aromatic rings. The van der Waals surface area contributed by atoms with E-state index in [1.807, 2.05) is 12.1 Å². The van der Waals surface area contributed by atoms with Crippen LogP contribution in [0, 0.1) is 0 Å². The molecule has 0 fully saturated rings. The number of ether oxygens (including phenoxy) is 1. The molecule has 0 aromatic heterocycles. The zero-order valence-corrected chi connectivity index (χ0v) is 10.7. The van der Waals surface area contributed by atoms with Gasteiger partial charge in [-0.25, -0.2) is 0 Å². The maximum Gasteiger partial charge on any atom is 0.132 e. The van der Waals surface area contributed by atoms with E-state index in [0.717, 1.165) is 11.1 Å². The average Bonchev–Trinajstić information content (AvgIpc) is 2.46. The van der Waals surface area contributed by atoms with E-state index >= 15 is 0 Å². The second kappa shape index (κ2) is 4.77. The minimum absolute atomic E-state index is 0.0994. The van der Waals surface area contributed by atoms with Crippen LogP contribution < -0.4 is 10.6 Å². The Morgan fingerprint density at radius 1 is 1.05 bits per heavy atom. The van der Waals surface area contributed by atoms with Gasteiger partial charge in [0.15, 0.2) is 0 Å². The van der Waals surface area contributed by atoms with Gasteiger partial charge in [0.2, 0.25) is 0 Å². The van der Waals surface area contributed by atoms with Crippen LogP contribution in [0.4, 0.5) is 0 Å². The van der Waals surface area contributed by atoms with Gasteiger partial charge in [-0.3, -0.25) is 0 Å². The Bertz CT molecular complexity index is 665. The molecular formula is C15H14N2O3. The van der Waals surface area contributed by atoms with Crippen molar-refractivity contribution in [2.75, 3.05) is 6.61 Å². The van der Waals surface area contributed by atoms with Gasteiger partial charge in [-0.05, 0) is 29.8 Å². The standard InChI is InChI=1S/C15H14N2O3/c16-17-15-12-6-5-11(19)7-14(12)20-8-13(15)9-1-3-10(18)4-2-9/h1-7,13,18-19H,8,16H2. The molecule has 1 heterocycles. The number of hydrogen-bond donors (Lipinski definition) is 3. The van der Waals surface area contributed by atoms with Crippen molar-refractivity contribution in [1.29, 1.82) is 0 Å². The van der Waals surface area contributed by atoms with Crippen molar-refractivity contribution in [3.8, 4) is 17.2 Å². The Morgan fingerprint density at radius 2 is 1.75 bits per heavy atom. The number of fused-ring (bicyclic) bond motifs is 1. The third-order valence-electron chi connectivity index (χ3n) is 3.41. The predicted molar refractivity (Wildman–Crippen MR) is 75.2 cm³/mol. The van der Waals surface area contributed by atoms with Crippen LogP contribution in [0.25, 0.3) is 0 Å².